The molecule has 0 aliphatic rings. The second-order valence-corrected chi connectivity index (χ2v) is 8.63. The molecule has 1 atom stereocenters. The molecule has 0 bridgehead atoms. The highest BCUT2D eigenvalue weighted by Gasteiger charge is 2.23. The number of nitrogens with zero attached hydrogens (tertiary/aromatic N) is 3. The maximum Gasteiger partial charge on any atom is 0.277 e. The van der Waals surface area contributed by atoms with Gasteiger partial charge >= 0.3 is 0 Å². The van der Waals surface area contributed by atoms with Crippen LogP contribution in [0.3, 0.4) is 0 Å². The SMILES string of the molecule is CCc1ccccc1NC(=O)CN(C)C(=O)C(C)Sc1nnc(-c2cccc(Cl)c2)o1. The van der Waals surface area contributed by atoms with E-state index in [2.05, 4.69) is 15.5 Å². The quantitative estimate of drug-likeness (QED) is 0.499. The molecule has 0 saturated heterocycles. The van der Waals surface area contributed by atoms with E-state index in [1.165, 1.54) is 4.90 Å². The third-order valence-corrected chi connectivity index (χ3v) is 5.69. The van der Waals surface area contributed by atoms with E-state index in [4.69, 9.17) is 16.0 Å². The summed E-state index contributed by atoms with van der Waals surface area (Å²) < 4.78 is 5.64. The van der Waals surface area contributed by atoms with E-state index in [9.17, 15) is 9.59 Å². The fourth-order valence-electron chi connectivity index (χ4n) is 2.94. The van der Waals surface area contributed by atoms with Crippen LogP contribution in [-0.2, 0) is 16.0 Å². The third kappa shape index (κ3) is 6.08. The van der Waals surface area contributed by atoms with Gasteiger partial charge in [0.05, 0.1) is 11.8 Å². The van der Waals surface area contributed by atoms with Crippen molar-refractivity contribution in [3.8, 4) is 11.5 Å². The number of rotatable bonds is 8. The number of nitrogens with one attached hydrogen (secondary N) is 1. The number of carbonyl (C=O) groups excluding carboxylic acids is 2. The fraction of sp³-hybridized carbons (Fsp3) is 0.273. The summed E-state index contributed by atoms with van der Waals surface area (Å²) in [5.74, 6) is -0.145. The smallest absolute Gasteiger partial charge is 0.277 e. The van der Waals surface area contributed by atoms with Crippen LogP contribution in [-0.4, -0.2) is 45.8 Å². The molecule has 0 aliphatic carbocycles. The van der Waals surface area contributed by atoms with E-state index in [1.54, 1.807) is 32.2 Å². The number of halogens is 1. The summed E-state index contributed by atoms with van der Waals surface area (Å²) in [6.07, 6.45) is 0.806. The number of benzene rings is 2. The van der Waals surface area contributed by atoms with Crippen molar-refractivity contribution in [1.82, 2.24) is 15.1 Å². The summed E-state index contributed by atoms with van der Waals surface area (Å²) in [6, 6.07) is 14.7. The minimum atomic E-state index is -0.506. The van der Waals surface area contributed by atoms with Crippen molar-refractivity contribution in [2.45, 2.75) is 30.7 Å². The van der Waals surface area contributed by atoms with Crippen molar-refractivity contribution in [2.75, 3.05) is 18.9 Å². The van der Waals surface area contributed by atoms with Gasteiger partial charge in [0.1, 0.15) is 0 Å². The summed E-state index contributed by atoms with van der Waals surface area (Å²) in [5.41, 5.74) is 2.50. The average molecular weight is 459 g/mol. The molecule has 9 heteroatoms. The van der Waals surface area contributed by atoms with Gasteiger partial charge in [-0.05, 0) is 43.2 Å². The van der Waals surface area contributed by atoms with Crippen molar-refractivity contribution in [3.05, 3.63) is 59.1 Å². The molecular formula is C22H23ClN4O3S. The maximum absolute atomic E-state index is 12.7. The largest absolute Gasteiger partial charge is 0.411 e. The summed E-state index contributed by atoms with van der Waals surface area (Å²) in [5, 5.41) is 11.2. The lowest BCUT2D eigenvalue weighted by Gasteiger charge is -2.20. The van der Waals surface area contributed by atoms with Gasteiger partial charge in [-0.3, -0.25) is 9.59 Å². The molecule has 0 saturated carbocycles. The number of likely N-dealkylation sites (N-methyl/N-ethyl adjacent to an activating group) is 1. The molecule has 2 aromatic carbocycles. The Balaban J connectivity index is 1.56. The summed E-state index contributed by atoms with van der Waals surface area (Å²) in [7, 11) is 1.59. The van der Waals surface area contributed by atoms with Gasteiger partial charge in [0.2, 0.25) is 17.7 Å². The van der Waals surface area contributed by atoms with Crippen LogP contribution >= 0.6 is 23.4 Å². The minimum Gasteiger partial charge on any atom is -0.411 e. The highest BCUT2D eigenvalue weighted by atomic mass is 35.5. The number of hydrogen-bond acceptors (Lipinski definition) is 6. The predicted octanol–water partition coefficient (Wildman–Crippen LogP) is 4.53. The topological polar surface area (TPSA) is 88.3 Å². The minimum absolute atomic E-state index is 0.0562. The van der Waals surface area contributed by atoms with Crippen LogP contribution in [0.4, 0.5) is 5.69 Å². The normalized spacial score (nSPS) is 11.7. The number of amides is 2. The number of aromatic nitrogens is 2. The number of thioether (sulfide) groups is 1. The molecule has 1 N–H and O–H groups in total. The molecular weight excluding hydrogens is 436 g/mol. The molecule has 0 fully saturated rings. The van der Waals surface area contributed by atoms with Gasteiger partial charge < -0.3 is 14.6 Å². The Kier molecular flexibility index (Phi) is 7.70. The van der Waals surface area contributed by atoms with E-state index in [0.717, 1.165) is 29.4 Å². The van der Waals surface area contributed by atoms with E-state index >= 15 is 0 Å². The molecule has 2 amide bonds. The van der Waals surface area contributed by atoms with E-state index < -0.39 is 5.25 Å². The summed E-state index contributed by atoms with van der Waals surface area (Å²) in [4.78, 5) is 26.5. The molecule has 31 heavy (non-hydrogen) atoms. The zero-order chi connectivity index (χ0) is 22.4. The van der Waals surface area contributed by atoms with Crippen LogP contribution in [0.1, 0.15) is 19.4 Å². The van der Waals surface area contributed by atoms with Crippen molar-refractivity contribution in [1.29, 1.82) is 0 Å². The molecule has 0 aliphatic heterocycles. The molecule has 0 spiro atoms. The van der Waals surface area contributed by atoms with Crippen LogP contribution in [0.15, 0.2) is 58.2 Å². The Morgan fingerprint density at radius 3 is 2.71 bits per heavy atom. The molecule has 0 radical (unpaired) electrons. The summed E-state index contributed by atoms with van der Waals surface area (Å²) >= 11 is 7.13. The van der Waals surface area contributed by atoms with Gasteiger partial charge in [0.15, 0.2) is 0 Å². The zero-order valence-electron chi connectivity index (χ0n) is 17.5. The fourth-order valence-corrected chi connectivity index (χ4v) is 3.93. The standard InChI is InChI=1S/C22H23ClN4O3S/c1-4-15-8-5-6-11-18(15)24-19(28)13-27(3)21(29)14(2)31-22-26-25-20(30-22)16-9-7-10-17(23)12-16/h5-12,14H,4,13H2,1-3H3,(H,24,28). The van der Waals surface area contributed by atoms with Gasteiger partial charge in [-0.25, -0.2) is 0 Å². The van der Waals surface area contributed by atoms with Gasteiger partial charge in [0.25, 0.3) is 5.22 Å². The van der Waals surface area contributed by atoms with Crippen LogP contribution < -0.4 is 5.32 Å². The Morgan fingerprint density at radius 2 is 1.97 bits per heavy atom. The van der Waals surface area contributed by atoms with E-state index in [1.807, 2.05) is 37.3 Å². The van der Waals surface area contributed by atoms with Gasteiger partial charge in [-0.2, -0.15) is 0 Å². The molecule has 3 aromatic rings. The Bertz CT molecular complexity index is 1070. The lowest BCUT2D eigenvalue weighted by molar-refractivity contribution is -0.132. The number of anilines is 1. The molecule has 162 valence electrons. The van der Waals surface area contributed by atoms with Crippen molar-refractivity contribution >= 4 is 40.9 Å². The van der Waals surface area contributed by atoms with E-state index in [0.29, 0.717) is 16.5 Å². The Morgan fingerprint density at radius 1 is 1.19 bits per heavy atom. The van der Waals surface area contributed by atoms with Crippen molar-refractivity contribution in [3.63, 3.8) is 0 Å². The number of para-hydroxylation sites is 1. The monoisotopic (exact) mass is 458 g/mol. The second-order valence-electron chi connectivity index (χ2n) is 6.90. The number of aryl methyl sites for hydroxylation is 1. The molecule has 1 unspecified atom stereocenters. The van der Waals surface area contributed by atoms with Gasteiger partial charge in [-0.1, -0.05) is 54.6 Å². The predicted molar refractivity (Wildman–Crippen MR) is 122 cm³/mol. The van der Waals surface area contributed by atoms with Crippen molar-refractivity contribution in [2.24, 2.45) is 0 Å². The van der Waals surface area contributed by atoms with Gasteiger partial charge in [0, 0.05) is 23.3 Å². The second kappa shape index (κ2) is 10.5. The summed E-state index contributed by atoms with van der Waals surface area (Å²) in [6.45, 7) is 3.70. The highest BCUT2D eigenvalue weighted by Crippen LogP contribution is 2.28. The first-order valence-corrected chi connectivity index (χ1v) is 11.0. The molecule has 1 aromatic heterocycles. The third-order valence-electron chi connectivity index (χ3n) is 4.53. The molecule has 3 rings (SSSR count). The van der Waals surface area contributed by atoms with Crippen LogP contribution in [0.2, 0.25) is 5.02 Å². The number of hydrogen-bond donors (Lipinski definition) is 1. The Labute approximate surface area is 190 Å². The Hall–Kier alpha value is -2.84. The highest BCUT2D eigenvalue weighted by molar-refractivity contribution is 8.00. The first kappa shape index (κ1) is 22.8. The average Bonchev–Trinajstić information content (AvgIpc) is 3.22. The van der Waals surface area contributed by atoms with Gasteiger partial charge in [-0.15, -0.1) is 10.2 Å². The van der Waals surface area contributed by atoms with Crippen LogP contribution in [0.25, 0.3) is 11.5 Å². The maximum atomic E-state index is 12.7. The first-order chi connectivity index (χ1) is 14.9. The zero-order valence-corrected chi connectivity index (χ0v) is 19.0. The van der Waals surface area contributed by atoms with Crippen LogP contribution in [0.5, 0.6) is 0 Å². The van der Waals surface area contributed by atoms with Crippen LogP contribution in [0, 0.1) is 0 Å². The lowest BCUT2D eigenvalue weighted by atomic mass is 10.1. The number of carbonyl (C=O) groups is 2. The van der Waals surface area contributed by atoms with Crippen molar-refractivity contribution < 1.29 is 14.0 Å². The lowest BCUT2D eigenvalue weighted by Crippen LogP contribution is -2.39. The van der Waals surface area contributed by atoms with E-state index in [-0.39, 0.29) is 23.6 Å². The molecule has 1 heterocycles. The first-order valence-electron chi connectivity index (χ1n) is 9.76. The molecule has 7 nitrogen and oxygen atoms in total.